The minimum Gasteiger partial charge on any atom is -0.374 e. The highest BCUT2D eigenvalue weighted by molar-refractivity contribution is 5.92. The van der Waals surface area contributed by atoms with Gasteiger partial charge in [0.15, 0.2) is 0 Å². The lowest BCUT2D eigenvalue weighted by Crippen LogP contribution is -2.50. The van der Waals surface area contributed by atoms with Crippen molar-refractivity contribution >= 4 is 28.4 Å². The van der Waals surface area contributed by atoms with Gasteiger partial charge in [-0.15, -0.1) is 0 Å². The van der Waals surface area contributed by atoms with Crippen molar-refractivity contribution in [2.45, 2.75) is 0 Å². The maximum Gasteiger partial charge on any atom is 0.241 e. The number of aromatic nitrogens is 3. The molecule has 1 aliphatic rings. The van der Waals surface area contributed by atoms with E-state index in [0.717, 1.165) is 35.6 Å². The molecule has 26 heavy (non-hydrogen) atoms. The number of carbonyl (C=O) groups is 1. The first-order valence-electron chi connectivity index (χ1n) is 8.68. The number of rotatable bonds is 4. The van der Waals surface area contributed by atoms with Crippen LogP contribution in [-0.2, 0) is 4.79 Å². The van der Waals surface area contributed by atoms with Gasteiger partial charge in [0.1, 0.15) is 0 Å². The molecule has 2 aromatic heterocycles. The Kier molecular flexibility index (Phi) is 4.59. The highest BCUT2D eigenvalue weighted by Gasteiger charge is 2.22. The van der Waals surface area contributed by atoms with Crippen LogP contribution >= 0.6 is 0 Å². The quantitative estimate of drug-likeness (QED) is 0.775. The number of nitrogens with zero attached hydrogens (tertiary/aromatic N) is 5. The Labute approximate surface area is 151 Å². The Balaban J connectivity index is 1.34. The first-order valence-corrected chi connectivity index (χ1v) is 8.68. The summed E-state index contributed by atoms with van der Waals surface area (Å²) >= 11 is 0. The maximum absolute atomic E-state index is 12.5. The number of anilines is 2. The minimum atomic E-state index is 0.0894. The minimum absolute atomic E-state index is 0.0894. The predicted molar refractivity (Wildman–Crippen MR) is 101 cm³/mol. The normalized spacial score (nSPS) is 14.5. The van der Waals surface area contributed by atoms with Gasteiger partial charge in [0.2, 0.25) is 11.9 Å². The summed E-state index contributed by atoms with van der Waals surface area (Å²) in [7, 11) is 0. The molecule has 0 unspecified atom stereocenters. The fourth-order valence-electron chi connectivity index (χ4n) is 3.14. The molecule has 1 N–H and O–H groups in total. The van der Waals surface area contributed by atoms with Crippen LogP contribution in [0.1, 0.15) is 0 Å². The number of hydrogen-bond donors (Lipinski definition) is 1. The summed E-state index contributed by atoms with van der Waals surface area (Å²) in [6.45, 7) is 3.09. The summed E-state index contributed by atoms with van der Waals surface area (Å²) in [5.74, 6) is 0.811. The van der Waals surface area contributed by atoms with E-state index in [9.17, 15) is 4.79 Å². The summed E-state index contributed by atoms with van der Waals surface area (Å²) in [6.07, 6.45) is 5.24. The topological polar surface area (TPSA) is 74.2 Å². The van der Waals surface area contributed by atoms with Crippen molar-refractivity contribution in [2.24, 2.45) is 0 Å². The molecule has 1 aliphatic heterocycles. The number of nitrogens with one attached hydrogen (secondary N) is 1. The van der Waals surface area contributed by atoms with E-state index in [1.54, 1.807) is 24.7 Å². The zero-order valence-electron chi connectivity index (χ0n) is 14.4. The Morgan fingerprint density at radius 3 is 2.46 bits per heavy atom. The van der Waals surface area contributed by atoms with Crippen LogP contribution in [-0.4, -0.2) is 58.5 Å². The molecular formula is C19H20N6O. The molecule has 0 aliphatic carbocycles. The van der Waals surface area contributed by atoms with Crippen LogP contribution in [0.3, 0.4) is 0 Å². The van der Waals surface area contributed by atoms with Gasteiger partial charge in [-0.1, -0.05) is 18.2 Å². The molecule has 7 nitrogen and oxygen atoms in total. The first kappa shape index (κ1) is 16.3. The van der Waals surface area contributed by atoms with Gasteiger partial charge < -0.3 is 15.1 Å². The van der Waals surface area contributed by atoms with Crippen molar-refractivity contribution in [1.29, 1.82) is 0 Å². The van der Waals surface area contributed by atoms with Crippen LogP contribution in [0.25, 0.3) is 10.9 Å². The molecule has 1 aromatic carbocycles. The van der Waals surface area contributed by atoms with E-state index >= 15 is 0 Å². The number of piperazine rings is 1. The van der Waals surface area contributed by atoms with E-state index in [1.165, 1.54) is 0 Å². The Hall–Kier alpha value is -3.22. The molecule has 3 heterocycles. The lowest BCUT2D eigenvalue weighted by Gasteiger charge is -2.34. The number of pyridine rings is 1. The summed E-state index contributed by atoms with van der Waals surface area (Å²) in [5.41, 5.74) is 1.77. The average Bonchev–Trinajstić information content (AvgIpc) is 2.73. The second-order valence-corrected chi connectivity index (χ2v) is 6.15. The van der Waals surface area contributed by atoms with Crippen LogP contribution in [0.5, 0.6) is 0 Å². The van der Waals surface area contributed by atoms with Crippen LogP contribution in [0.2, 0.25) is 0 Å². The van der Waals surface area contributed by atoms with Gasteiger partial charge in [-0.3, -0.25) is 9.78 Å². The molecule has 0 saturated carbocycles. The molecular weight excluding hydrogens is 328 g/mol. The SMILES string of the molecule is O=C(CNc1cccc2cccnc12)N1CCN(c2ncccn2)CC1. The van der Waals surface area contributed by atoms with Gasteiger partial charge in [0.25, 0.3) is 0 Å². The Morgan fingerprint density at radius 2 is 1.65 bits per heavy atom. The van der Waals surface area contributed by atoms with E-state index in [1.807, 2.05) is 35.2 Å². The van der Waals surface area contributed by atoms with Gasteiger partial charge in [0.05, 0.1) is 17.7 Å². The third kappa shape index (κ3) is 3.42. The smallest absolute Gasteiger partial charge is 0.241 e. The maximum atomic E-state index is 12.5. The van der Waals surface area contributed by atoms with Crippen molar-refractivity contribution in [2.75, 3.05) is 42.9 Å². The second-order valence-electron chi connectivity index (χ2n) is 6.15. The highest BCUT2D eigenvalue weighted by atomic mass is 16.2. The number of hydrogen-bond acceptors (Lipinski definition) is 6. The van der Waals surface area contributed by atoms with Crippen molar-refractivity contribution < 1.29 is 4.79 Å². The summed E-state index contributed by atoms with van der Waals surface area (Å²) in [5, 5.41) is 4.29. The zero-order valence-corrected chi connectivity index (χ0v) is 14.4. The molecule has 7 heteroatoms. The molecule has 0 bridgehead atoms. The molecule has 1 amide bonds. The molecule has 0 atom stereocenters. The zero-order chi connectivity index (χ0) is 17.8. The predicted octanol–water partition coefficient (Wildman–Crippen LogP) is 1.79. The van der Waals surface area contributed by atoms with Gasteiger partial charge in [-0.2, -0.15) is 0 Å². The largest absolute Gasteiger partial charge is 0.374 e. The lowest BCUT2D eigenvalue weighted by molar-refractivity contribution is -0.129. The van der Waals surface area contributed by atoms with Crippen LogP contribution < -0.4 is 10.2 Å². The van der Waals surface area contributed by atoms with E-state index in [0.29, 0.717) is 13.1 Å². The van der Waals surface area contributed by atoms with Crippen molar-refractivity contribution in [1.82, 2.24) is 19.9 Å². The van der Waals surface area contributed by atoms with Crippen molar-refractivity contribution in [3.8, 4) is 0 Å². The average molecular weight is 348 g/mol. The van der Waals surface area contributed by atoms with Crippen LogP contribution in [0, 0.1) is 0 Å². The van der Waals surface area contributed by atoms with E-state index in [-0.39, 0.29) is 12.5 Å². The summed E-state index contributed by atoms with van der Waals surface area (Å²) in [4.78, 5) is 29.5. The molecule has 1 saturated heterocycles. The molecule has 4 rings (SSSR count). The Morgan fingerprint density at radius 1 is 0.923 bits per heavy atom. The van der Waals surface area contributed by atoms with Crippen LogP contribution in [0.15, 0.2) is 55.0 Å². The summed E-state index contributed by atoms with van der Waals surface area (Å²) < 4.78 is 0. The molecule has 0 spiro atoms. The number of fused-ring (bicyclic) bond motifs is 1. The lowest BCUT2D eigenvalue weighted by atomic mass is 10.2. The van der Waals surface area contributed by atoms with Crippen molar-refractivity contribution in [3.63, 3.8) is 0 Å². The van der Waals surface area contributed by atoms with Crippen LogP contribution in [0.4, 0.5) is 11.6 Å². The monoisotopic (exact) mass is 348 g/mol. The first-order chi connectivity index (χ1) is 12.8. The van der Waals surface area contributed by atoms with E-state index in [4.69, 9.17) is 0 Å². The van der Waals surface area contributed by atoms with Gasteiger partial charge in [0, 0.05) is 50.2 Å². The van der Waals surface area contributed by atoms with Gasteiger partial charge in [-0.05, 0) is 18.2 Å². The molecule has 132 valence electrons. The Bertz CT molecular complexity index is 887. The van der Waals surface area contributed by atoms with E-state index in [2.05, 4.69) is 25.2 Å². The molecule has 3 aromatic rings. The number of benzene rings is 1. The second kappa shape index (κ2) is 7.35. The number of carbonyl (C=O) groups excluding carboxylic acids is 1. The standard InChI is InChI=1S/C19H20N6O/c26-17(14-23-16-6-1-4-15-5-2-7-20-18(15)16)24-10-12-25(13-11-24)19-21-8-3-9-22-19/h1-9,23H,10-14H2. The molecule has 1 fully saturated rings. The summed E-state index contributed by atoms with van der Waals surface area (Å²) in [6, 6.07) is 11.7. The van der Waals surface area contributed by atoms with Gasteiger partial charge in [-0.25, -0.2) is 9.97 Å². The number of amides is 1. The van der Waals surface area contributed by atoms with E-state index < -0.39 is 0 Å². The van der Waals surface area contributed by atoms with Gasteiger partial charge >= 0.3 is 0 Å². The number of para-hydroxylation sites is 1. The fraction of sp³-hybridized carbons (Fsp3) is 0.263. The highest BCUT2D eigenvalue weighted by Crippen LogP contribution is 2.20. The van der Waals surface area contributed by atoms with Crippen molar-refractivity contribution in [3.05, 3.63) is 55.0 Å². The fourth-order valence-corrected chi connectivity index (χ4v) is 3.14. The third-order valence-electron chi connectivity index (χ3n) is 4.53. The molecule has 0 radical (unpaired) electrons. The third-order valence-corrected chi connectivity index (χ3v) is 4.53.